The molecule has 0 radical (unpaired) electrons. The number of anilines is 1. The van der Waals surface area contributed by atoms with Crippen molar-refractivity contribution < 1.29 is 13.9 Å². The van der Waals surface area contributed by atoms with E-state index in [0.717, 1.165) is 0 Å². The van der Waals surface area contributed by atoms with Crippen molar-refractivity contribution in [2.24, 2.45) is 0 Å². The van der Waals surface area contributed by atoms with Gasteiger partial charge in [-0.25, -0.2) is 14.1 Å². The highest BCUT2D eigenvalue weighted by molar-refractivity contribution is 7.22. The Labute approximate surface area is 169 Å². The summed E-state index contributed by atoms with van der Waals surface area (Å²) in [6.07, 6.45) is 0. The molecule has 2 heterocycles. The zero-order valence-electron chi connectivity index (χ0n) is 15.7. The standard InChI is InChI=1S/C19H17FN6O2S/c1-11(2)26-17(23-24-25-26)10-28-14-5-3-4-12(8-14)18(27)22-19-21-15-7-6-13(20)9-16(15)29-19/h3-9,11H,10H2,1-2H3,(H,21,22,27). The van der Waals surface area contributed by atoms with Crippen LogP contribution in [0.25, 0.3) is 10.2 Å². The Morgan fingerprint density at radius 1 is 1.28 bits per heavy atom. The number of fused-ring (bicyclic) bond motifs is 1. The van der Waals surface area contributed by atoms with Gasteiger partial charge < -0.3 is 4.74 Å². The molecule has 4 rings (SSSR count). The summed E-state index contributed by atoms with van der Waals surface area (Å²) in [5, 5.41) is 14.7. The molecule has 0 unspecified atom stereocenters. The minimum atomic E-state index is -0.340. The highest BCUT2D eigenvalue weighted by Gasteiger charge is 2.13. The molecule has 8 nitrogen and oxygen atoms in total. The third-order valence-electron chi connectivity index (χ3n) is 4.09. The van der Waals surface area contributed by atoms with E-state index in [0.29, 0.717) is 32.5 Å². The van der Waals surface area contributed by atoms with Crippen molar-refractivity contribution in [3.63, 3.8) is 0 Å². The van der Waals surface area contributed by atoms with Gasteiger partial charge in [0, 0.05) is 5.56 Å². The molecule has 2 aromatic heterocycles. The third kappa shape index (κ3) is 4.21. The summed E-state index contributed by atoms with van der Waals surface area (Å²) >= 11 is 1.21. The molecule has 0 aliphatic heterocycles. The number of thiazole rings is 1. The van der Waals surface area contributed by atoms with Crippen LogP contribution in [0, 0.1) is 5.82 Å². The molecule has 0 spiro atoms. The quantitative estimate of drug-likeness (QED) is 0.517. The van der Waals surface area contributed by atoms with Crippen LogP contribution in [-0.4, -0.2) is 31.1 Å². The lowest BCUT2D eigenvalue weighted by molar-refractivity contribution is 0.102. The van der Waals surface area contributed by atoms with Crippen LogP contribution >= 0.6 is 11.3 Å². The topological polar surface area (TPSA) is 94.8 Å². The second-order valence-electron chi connectivity index (χ2n) is 6.54. The van der Waals surface area contributed by atoms with Gasteiger partial charge in [-0.05, 0) is 60.7 Å². The molecular formula is C19H17FN6O2S. The first-order valence-corrected chi connectivity index (χ1v) is 9.68. The predicted molar refractivity (Wildman–Crippen MR) is 107 cm³/mol. The Morgan fingerprint density at radius 2 is 2.14 bits per heavy atom. The number of rotatable bonds is 6. The fourth-order valence-corrected chi connectivity index (χ4v) is 3.59. The molecule has 0 bridgehead atoms. The molecule has 1 amide bonds. The lowest BCUT2D eigenvalue weighted by Crippen LogP contribution is -2.12. The summed E-state index contributed by atoms with van der Waals surface area (Å²) in [4.78, 5) is 16.9. The first-order valence-electron chi connectivity index (χ1n) is 8.86. The number of hydrogen-bond donors (Lipinski definition) is 1. The molecule has 0 saturated heterocycles. The molecule has 0 fully saturated rings. The summed E-state index contributed by atoms with van der Waals surface area (Å²) in [5.41, 5.74) is 1.04. The summed E-state index contributed by atoms with van der Waals surface area (Å²) < 4.78 is 21.4. The van der Waals surface area contributed by atoms with Crippen LogP contribution in [0.1, 0.15) is 36.1 Å². The third-order valence-corrected chi connectivity index (χ3v) is 5.02. The summed E-state index contributed by atoms with van der Waals surface area (Å²) in [7, 11) is 0. The van der Waals surface area contributed by atoms with Gasteiger partial charge in [0.2, 0.25) is 0 Å². The van der Waals surface area contributed by atoms with Gasteiger partial charge in [0.1, 0.15) is 18.2 Å². The number of carbonyl (C=O) groups excluding carboxylic acids is 1. The number of nitrogens with one attached hydrogen (secondary N) is 1. The van der Waals surface area contributed by atoms with Crippen LogP contribution in [0.3, 0.4) is 0 Å². The second-order valence-corrected chi connectivity index (χ2v) is 7.57. The van der Waals surface area contributed by atoms with E-state index in [2.05, 4.69) is 25.8 Å². The van der Waals surface area contributed by atoms with Gasteiger partial charge >= 0.3 is 0 Å². The van der Waals surface area contributed by atoms with Crippen molar-refractivity contribution in [2.45, 2.75) is 26.5 Å². The Hall–Kier alpha value is -3.40. The number of ether oxygens (including phenoxy) is 1. The van der Waals surface area contributed by atoms with E-state index >= 15 is 0 Å². The minimum Gasteiger partial charge on any atom is -0.486 e. The molecular weight excluding hydrogens is 395 g/mol. The Morgan fingerprint density at radius 3 is 2.97 bits per heavy atom. The van der Waals surface area contributed by atoms with Crippen LogP contribution in [0.4, 0.5) is 9.52 Å². The number of hydrogen-bond acceptors (Lipinski definition) is 7. The number of amides is 1. The van der Waals surface area contributed by atoms with Crippen LogP contribution in [0.5, 0.6) is 5.75 Å². The summed E-state index contributed by atoms with van der Waals surface area (Å²) in [5.74, 6) is 0.438. The Bertz CT molecular complexity index is 1170. The van der Waals surface area contributed by atoms with Crippen molar-refractivity contribution in [2.75, 3.05) is 5.32 Å². The predicted octanol–water partition coefficient (Wildman–Crippen LogP) is 3.83. The number of benzene rings is 2. The average molecular weight is 412 g/mol. The van der Waals surface area contributed by atoms with Crippen LogP contribution in [-0.2, 0) is 6.61 Å². The van der Waals surface area contributed by atoms with Gasteiger partial charge in [0.05, 0.1) is 16.3 Å². The van der Waals surface area contributed by atoms with E-state index in [4.69, 9.17) is 4.74 Å². The second kappa shape index (κ2) is 7.92. The lowest BCUT2D eigenvalue weighted by Gasteiger charge is -2.10. The number of tetrazole rings is 1. The van der Waals surface area contributed by atoms with Gasteiger partial charge in [0.25, 0.3) is 5.91 Å². The SMILES string of the molecule is CC(C)n1nnnc1COc1cccc(C(=O)Nc2nc3ccc(F)cc3s2)c1. The average Bonchev–Trinajstić information content (AvgIpc) is 3.32. The van der Waals surface area contributed by atoms with Crippen molar-refractivity contribution >= 4 is 32.6 Å². The zero-order chi connectivity index (χ0) is 20.4. The maximum Gasteiger partial charge on any atom is 0.257 e. The first-order chi connectivity index (χ1) is 14.0. The first kappa shape index (κ1) is 18.9. The van der Waals surface area contributed by atoms with Gasteiger partial charge in [-0.15, -0.1) is 5.10 Å². The van der Waals surface area contributed by atoms with Gasteiger partial charge in [-0.2, -0.15) is 0 Å². The van der Waals surface area contributed by atoms with Crippen molar-refractivity contribution in [1.29, 1.82) is 0 Å². The molecule has 0 aliphatic rings. The Balaban J connectivity index is 1.45. The molecule has 0 aliphatic carbocycles. The maximum absolute atomic E-state index is 13.3. The van der Waals surface area contributed by atoms with Crippen molar-refractivity contribution in [3.05, 3.63) is 59.7 Å². The lowest BCUT2D eigenvalue weighted by atomic mass is 10.2. The van der Waals surface area contributed by atoms with Crippen molar-refractivity contribution in [3.8, 4) is 5.75 Å². The number of aromatic nitrogens is 5. The molecule has 2 aromatic carbocycles. The van der Waals surface area contributed by atoms with E-state index in [1.807, 2.05) is 13.8 Å². The fraction of sp³-hybridized carbons (Fsp3) is 0.211. The van der Waals surface area contributed by atoms with E-state index < -0.39 is 0 Å². The van der Waals surface area contributed by atoms with E-state index in [-0.39, 0.29) is 24.4 Å². The largest absolute Gasteiger partial charge is 0.486 e. The summed E-state index contributed by atoms with van der Waals surface area (Å²) in [6.45, 7) is 4.13. The minimum absolute atomic E-state index is 0.114. The molecule has 29 heavy (non-hydrogen) atoms. The van der Waals surface area contributed by atoms with E-state index in [9.17, 15) is 9.18 Å². The maximum atomic E-state index is 13.3. The smallest absolute Gasteiger partial charge is 0.257 e. The molecule has 4 aromatic rings. The van der Waals surface area contributed by atoms with Gasteiger partial charge in [0.15, 0.2) is 11.0 Å². The summed E-state index contributed by atoms with van der Waals surface area (Å²) in [6, 6.07) is 11.2. The van der Waals surface area contributed by atoms with Crippen LogP contribution in [0.2, 0.25) is 0 Å². The van der Waals surface area contributed by atoms with Gasteiger partial charge in [-0.1, -0.05) is 17.4 Å². The molecule has 0 saturated carbocycles. The molecule has 0 atom stereocenters. The number of halogens is 1. The monoisotopic (exact) mass is 412 g/mol. The van der Waals surface area contributed by atoms with Crippen molar-refractivity contribution in [1.82, 2.24) is 25.2 Å². The number of nitrogens with zero attached hydrogens (tertiary/aromatic N) is 5. The van der Waals surface area contributed by atoms with Gasteiger partial charge in [-0.3, -0.25) is 10.1 Å². The van der Waals surface area contributed by atoms with E-state index in [1.165, 1.54) is 23.5 Å². The Kier molecular flexibility index (Phi) is 5.17. The highest BCUT2D eigenvalue weighted by atomic mass is 32.1. The zero-order valence-corrected chi connectivity index (χ0v) is 16.5. The van der Waals surface area contributed by atoms with Crippen LogP contribution < -0.4 is 10.1 Å². The number of carbonyl (C=O) groups is 1. The highest BCUT2D eigenvalue weighted by Crippen LogP contribution is 2.27. The van der Waals surface area contributed by atoms with E-state index in [1.54, 1.807) is 35.0 Å². The van der Waals surface area contributed by atoms with Crippen LogP contribution in [0.15, 0.2) is 42.5 Å². The molecule has 148 valence electrons. The normalized spacial score (nSPS) is 11.2. The molecule has 10 heteroatoms. The fourth-order valence-electron chi connectivity index (χ4n) is 2.70. The molecule has 1 N–H and O–H groups in total.